The Hall–Kier alpha value is -1.87. The van der Waals surface area contributed by atoms with Crippen LogP contribution in [0.4, 0.5) is 10.1 Å². The molecule has 1 aliphatic heterocycles. The molecule has 0 spiro atoms. The average Bonchev–Trinajstić information content (AvgIpc) is 2.71. The average molecular weight is 284 g/mol. The minimum atomic E-state index is -0.180. The lowest BCUT2D eigenvalue weighted by atomic mass is 10.0. The Labute approximate surface area is 125 Å². The van der Waals surface area contributed by atoms with Crippen molar-refractivity contribution in [3.63, 3.8) is 0 Å². The van der Waals surface area contributed by atoms with Gasteiger partial charge >= 0.3 is 0 Å². The van der Waals surface area contributed by atoms with E-state index in [-0.39, 0.29) is 5.82 Å². The molecule has 0 saturated heterocycles. The molecule has 0 bridgehead atoms. The van der Waals surface area contributed by atoms with Crippen molar-refractivity contribution in [3.05, 3.63) is 65.0 Å². The Kier molecular flexibility index (Phi) is 4.20. The van der Waals surface area contributed by atoms with Gasteiger partial charge in [0, 0.05) is 18.8 Å². The summed E-state index contributed by atoms with van der Waals surface area (Å²) >= 11 is 0. The van der Waals surface area contributed by atoms with E-state index in [1.165, 1.54) is 11.1 Å². The third-order valence-electron chi connectivity index (χ3n) is 4.22. The van der Waals surface area contributed by atoms with Gasteiger partial charge in [0.1, 0.15) is 5.82 Å². The lowest BCUT2D eigenvalue weighted by Crippen LogP contribution is -2.27. The molecule has 2 nitrogen and oxygen atoms in total. The zero-order valence-corrected chi connectivity index (χ0v) is 12.2. The van der Waals surface area contributed by atoms with Gasteiger partial charge in [-0.3, -0.25) is 0 Å². The second-order valence-corrected chi connectivity index (χ2v) is 5.57. The van der Waals surface area contributed by atoms with Crippen molar-refractivity contribution in [2.45, 2.75) is 19.3 Å². The predicted molar refractivity (Wildman–Crippen MR) is 85.2 cm³/mol. The second kappa shape index (κ2) is 6.27. The predicted octanol–water partition coefficient (Wildman–Crippen LogP) is 2.93. The lowest BCUT2D eigenvalue weighted by Gasteiger charge is -2.25. The summed E-state index contributed by atoms with van der Waals surface area (Å²) in [5.41, 5.74) is 10.7. The molecule has 0 unspecified atom stereocenters. The summed E-state index contributed by atoms with van der Waals surface area (Å²) in [6.07, 6.45) is 2.79. The maximum atomic E-state index is 13.5. The molecule has 2 N–H and O–H groups in total. The van der Waals surface area contributed by atoms with Crippen molar-refractivity contribution in [1.29, 1.82) is 0 Å². The fourth-order valence-corrected chi connectivity index (χ4v) is 3.13. The van der Waals surface area contributed by atoms with Crippen LogP contribution in [0, 0.1) is 5.82 Å². The molecule has 1 heterocycles. The molecule has 0 aliphatic carbocycles. The molecule has 3 heteroatoms. The Balaban J connectivity index is 1.86. The van der Waals surface area contributed by atoms with Crippen LogP contribution in [0.5, 0.6) is 0 Å². The van der Waals surface area contributed by atoms with Gasteiger partial charge in [0.2, 0.25) is 0 Å². The zero-order valence-electron chi connectivity index (χ0n) is 12.2. The SMILES string of the molecule is NCCc1cc(F)ccc1N1CCc2ccccc2CC1. The summed E-state index contributed by atoms with van der Waals surface area (Å²) in [7, 11) is 0. The van der Waals surface area contributed by atoms with Gasteiger partial charge in [0.25, 0.3) is 0 Å². The Bertz CT molecular complexity index is 597. The third-order valence-corrected chi connectivity index (χ3v) is 4.22. The summed E-state index contributed by atoms with van der Waals surface area (Å²) in [6, 6.07) is 13.7. The van der Waals surface area contributed by atoms with E-state index in [4.69, 9.17) is 5.73 Å². The first kappa shape index (κ1) is 14.1. The van der Waals surface area contributed by atoms with E-state index in [1.54, 1.807) is 12.1 Å². The first-order chi connectivity index (χ1) is 10.3. The van der Waals surface area contributed by atoms with Crippen LogP contribution in [0.2, 0.25) is 0 Å². The molecular weight excluding hydrogens is 263 g/mol. The monoisotopic (exact) mass is 284 g/mol. The van der Waals surface area contributed by atoms with Gasteiger partial charge in [0.15, 0.2) is 0 Å². The van der Waals surface area contributed by atoms with Gasteiger partial charge in [-0.1, -0.05) is 24.3 Å². The van der Waals surface area contributed by atoms with Crippen molar-refractivity contribution < 1.29 is 4.39 Å². The fourth-order valence-electron chi connectivity index (χ4n) is 3.13. The van der Waals surface area contributed by atoms with E-state index in [0.29, 0.717) is 6.54 Å². The first-order valence-electron chi connectivity index (χ1n) is 7.58. The van der Waals surface area contributed by atoms with E-state index in [2.05, 4.69) is 29.2 Å². The molecule has 0 amide bonds. The van der Waals surface area contributed by atoms with E-state index in [9.17, 15) is 4.39 Å². The standard InChI is InChI=1S/C18H21FN2/c19-17-5-6-18(16(13-17)7-10-20)21-11-8-14-3-1-2-4-15(14)9-12-21/h1-6,13H,7-12,20H2. The Morgan fingerprint density at radius 1 is 1.00 bits per heavy atom. The number of nitrogens with two attached hydrogens (primary N) is 1. The van der Waals surface area contributed by atoms with Crippen LogP contribution >= 0.6 is 0 Å². The number of fused-ring (bicyclic) bond motifs is 1. The summed E-state index contributed by atoms with van der Waals surface area (Å²) in [5, 5.41) is 0. The smallest absolute Gasteiger partial charge is 0.123 e. The highest BCUT2D eigenvalue weighted by Crippen LogP contribution is 2.25. The summed E-state index contributed by atoms with van der Waals surface area (Å²) in [4.78, 5) is 2.37. The highest BCUT2D eigenvalue weighted by atomic mass is 19.1. The van der Waals surface area contributed by atoms with E-state index >= 15 is 0 Å². The number of anilines is 1. The van der Waals surface area contributed by atoms with Crippen LogP contribution in [-0.2, 0) is 19.3 Å². The van der Waals surface area contributed by atoms with Crippen LogP contribution < -0.4 is 10.6 Å². The van der Waals surface area contributed by atoms with Gasteiger partial charge < -0.3 is 10.6 Å². The van der Waals surface area contributed by atoms with Crippen LogP contribution in [0.3, 0.4) is 0 Å². The molecule has 2 aromatic rings. The maximum absolute atomic E-state index is 13.5. The molecular formula is C18H21FN2. The van der Waals surface area contributed by atoms with Crippen molar-refractivity contribution in [2.75, 3.05) is 24.5 Å². The number of nitrogens with zero attached hydrogens (tertiary/aromatic N) is 1. The van der Waals surface area contributed by atoms with E-state index in [1.807, 2.05) is 6.07 Å². The Morgan fingerprint density at radius 2 is 1.67 bits per heavy atom. The lowest BCUT2D eigenvalue weighted by molar-refractivity contribution is 0.624. The number of hydrogen-bond donors (Lipinski definition) is 1. The molecule has 3 rings (SSSR count). The topological polar surface area (TPSA) is 29.3 Å². The molecule has 0 saturated carbocycles. The minimum absolute atomic E-state index is 0.180. The van der Waals surface area contributed by atoms with Crippen molar-refractivity contribution in [1.82, 2.24) is 0 Å². The fraction of sp³-hybridized carbons (Fsp3) is 0.333. The van der Waals surface area contributed by atoms with Crippen molar-refractivity contribution in [3.8, 4) is 0 Å². The van der Waals surface area contributed by atoms with Crippen molar-refractivity contribution in [2.24, 2.45) is 5.73 Å². The van der Waals surface area contributed by atoms with Gasteiger partial charge in [-0.2, -0.15) is 0 Å². The molecule has 0 fully saturated rings. The van der Waals surface area contributed by atoms with E-state index in [0.717, 1.165) is 43.6 Å². The molecule has 2 aromatic carbocycles. The molecule has 110 valence electrons. The third kappa shape index (κ3) is 3.08. The summed E-state index contributed by atoms with van der Waals surface area (Å²) in [6.45, 7) is 2.49. The summed E-state index contributed by atoms with van der Waals surface area (Å²) in [5.74, 6) is -0.180. The molecule has 0 radical (unpaired) electrons. The quantitative estimate of drug-likeness (QED) is 0.939. The highest BCUT2D eigenvalue weighted by molar-refractivity contribution is 5.55. The maximum Gasteiger partial charge on any atom is 0.123 e. The highest BCUT2D eigenvalue weighted by Gasteiger charge is 2.16. The van der Waals surface area contributed by atoms with Gasteiger partial charge in [0.05, 0.1) is 0 Å². The number of halogens is 1. The zero-order chi connectivity index (χ0) is 14.7. The molecule has 0 atom stereocenters. The molecule has 21 heavy (non-hydrogen) atoms. The van der Waals surface area contributed by atoms with Gasteiger partial charge in [-0.05, 0) is 60.7 Å². The van der Waals surface area contributed by atoms with E-state index < -0.39 is 0 Å². The number of hydrogen-bond acceptors (Lipinski definition) is 2. The minimum Gasteiger partial charge on any atom is -0.371 e. The first-order valence-corrected chi connectivity index (χ1v) is 7.58. The van der Waals surface area contributed by atoms with Crippen LogP contribution in [0.15, 0.2) is 42.5 Å². The summed E-state index contributed by atoms with van der Waals surface area (Å²) < 4.78 is 13.5. The van der Waals surface area contributed by atoms with Gasteiger partial charge in [-0.15, -0.1) is 0 Å². The number of rotatable bonds is 3. The Morgan fingerprint density at radius 3 is 2.29 bits per heavy atom. The van der Waals surface area contributed by atoms with Crippen molar-refractivity contribution >= 4 is 5.69 Å². The molecule has 1 aliphatic rings. The van der Waals surface area contributed by atoms with Crippen LogP contribution in [0.25, 0.3) is 0 Å². The number of benzene rings is 2. The second-order valence-electron chi connectivity index (χ2n) is 5.57. The van der Waals surface area contributed by atoms with Crippen LogP contribution in [-0.4, -0.2) is 19.6 Å². The molecule has 0 aromatic heterocycles. The van der Waals surface area contributed by atoms with Gasteiger partial charge in [-0.25, -0.2) is 4.39 Å². The van der Waals surface area contributed by atoms with Crippen LogP contribution in [0.1, 0.15) is 16.7 Å². The largest absolute Gasteiger partial charge is 0.371 e. The normalized spacial score (nSPS) is 14.7.